The van der Waals surface area contributed by atoms with E-state index in [1.807, 2.05) is 35.3 Å². The van der Waals surface area contributed by atoms with Crippen LogP contribution in [0.5, 0.6) is 0 Å². The van der Waals surface area contributed by atoms with Gasteiger partial charge in [0.1, 0.15) is 11.6 Å². The van der Waals surface area contributed by atoms with Crippen LogP contribution in [0.4, 0.5) is 0 Å². The van der Waals surface area contributed by atoms with E-state index in [9.17, 15) is 0 Å². The molecule has 0 bridgehead atoms. The van der Waals surface area contributed by atoms with E-state index >= 15 is 0 Å². The monoisotopic (exact) mass is 297 g/mol. The minimum Gasteiger partial charge on any atom is -0.468 e. The van der Waals surface area contributed by atoms with E-state index in [1.165, 1.54) is 5.69 Å². The van der Waals surface area contributed by atoms with Crippen LogP contribution in [0.25, 0.3) is 0 Å². The van der Waals surface area contributed by atoms with Crippen LogP contribution in [0.15, 0.2) is 47.5 Å². The van der Waals surface area contributed by atoms with Crippen LogP contribution in [-0.4, -0.2) is 30.8 Å². The van der Waals surface area contributed by atoms with E-state index in [1.54, 1.807) is 12.5 Å². The first-order valence-electron chi connectivity index (χ1n) is 7.59. The van der Waals surface area contributed by atoms with Gasteiger partial charge in [-0.05, 0) is 25.1 Å². The fraction of sp³-hybridized carbons (Fsp3) is 0.375. The van der Waals surface area contributed by atoms with Gasteiger partial charge in [0.15, 0.2) is 0 Å². The summed E-state index contributed by atoms with van der Waals surface area (Å²) in [5.74, 6) is 2.13. The molecule has 0 saturated heterocycles. The number of rotatable bonds is 4. The number of hydrogen-bond acceptors (Lipinski definition) is 4. The maximum atomic E-state index is 5.47. The van der Waals surface area contributed by atoms with Crippen LogP contribution in [0.2, 0.25) is 0 Å². The van der Waals surface area contributed by atoms with Crippen molar-refractivity contribution in [2.75, 3.05) is 6.54 Å². The van der Waals surface area contributed by atoms with Crippen molar-refractivity contribution in [2.45, 2.75) is 32.6 Å². The van der Waals surface area contributed by atoms with Gasteiger partial charge in [-0.3, -0.25) is 9.58 Å². The third-order valence-corrected chi connectivity index (χ3v) is 4.32. The van der Waals surface area contributed by atoms with Crippen molar-refractivity contribution >= 4 is 0 Å². The third-order valence-electron chi connectivity index (χ3n) is 4.32. The second kappa shape index (κ2) is 5.46. The van der Waals surface area contributed by atoms with Gasteiger partial charge in [0, 0.05) is 25.5 Å². The average Bonchev–Trinajstić information content (AvgIpc) is 3.25. The van der Waals surface area contributed by atoms with Crippen molar-refractivity contribution < 1.29 is 4.42 Å². The first-order valence-corrected chi connectivity index (χ1v) is 7.59. The Kier molecular flexibility index (Phi) is 3.31. The second-order valence-electron chi connectivity index (χ2n) is 5.69. The minimum absolute atomic E-state index is 0.283. The maximum Gasteiger partial charge on any atom is 0.126 e. The van der Waals surface area contributed by atoms with Crippen LogP contribution in [0.3, 0.4) is 0 Å². The summed E-state index contributed by atoms with van der Waals surface area (Å²) in [5, 5.41) is 4.28. The maximum absolute atomic E-state index is 5.47. The molecule has 22 heavy (non-hydrogen) atoms. The molecule has 0 aromatic carbocycles. The zero-order valence-electron chi connectivity index (χ0n) is 12.6. The van der Waals surface area contributed by atoms with Gasteiger partial charge in [-0.1, -0.05) is 0 Å². The largest absolute Gasteiger partial charge is 0.468 e. The van der Waals surface area contributed by atoms with E-state index in [2.05, 4.69) is 26.5 Å². The molecule has 6 heteroatoms. The molecule has 0 aliphatic carbocycles. The lowest BCUT2D eigenvalue weighted by Crippen LogP contribution is -2.37. The Balaban J connectivity index is 1.54. The molecule has 3 aromatic rings. The molecule has 4 heterocycles. The molecule has 1 aliphatic rings. The van der Waals surface area contributed by atoms with Crippen LogP contribution in [0, 0.1) is 0 Å². The molecule has 0 spiro atoms. The summed E-state index contributed by atoms with van der Waals surface area (Å²) in [7, 11) is 0. The molecular formula is C16H19N5O. The van der Waals surface area contributed by atoms with Crippen LogP contribution >= 0.6 is 0 Å². The number of nitrogens with zero attached hydrogens (tertiary/aromatic N) is 5. The third kappa shape index (κ3) is 2.35. The van der Waals surface area contributed by atoms with E-state index < -0.39 is 0 Å². The number of furan rings is 1. The summed E-state index contributed by atoms with van der Waals surface area (Å²) in [6, 6.07) is 6.19. The fourth-order valence-corrected chi connectivity index (χ4v) is 3.11. The molecule has 0 amide bonds. The predicted molar refractivity (Wildman–Crippen MR) is 81.1 cm³/mol. The van der Waals surface area contributed by atoms with Gasteiger partial charge in [0.05, 0.1) is 37.3 Å². The van der Waals surface area contributed by atoms with Crippen molar-refractivity contribution in [1.82, 2.24) is 24.2 Å². The highest BCUT2D eigenvalue weighted by Crippen LogP contribution is 2.27. The number of imidazole rings is 1. The normalized spacial score (nSPS) is 18.5. The summed E-state index contributed by atoms with van der Waals surface area (Å²) in [6.45, 7) is 5.76. The number of aromatic nitrogens is 4. The molecule has 114 valence electrons. The van der Waals surface area contributed by atoms with E-state index in [-0.39, 0.29) is 6.04 Å². The summed E-state index contributed by atoms with van der Waals surface area (Å²) in [4.78, 5) is 7.05. The number of fused-ring (bicyclic) bond motifs is 1. The SMILES string of the molecule is CC1c2ncc(Cn3cccn3)n2CCN1Cc1ccco1. The molecule has 4 rings (SSSR count). The molecule has 1 unspecified atom stereocenters. The molecular weight excluding hydrogens is 278 g/mol. The van der Waals surface area contributed by atoms with Crippen LogP contribution < -0.4 is 0 Å². The van der Waals surface area contributed by atoms with E-state index in [0.29, 0.717) is 0 Å². The number of hydrogen-bond donors (Lipinski definition) is 0. The van der Waals surface area contributed by atoms with Crippen LogP contribution in [0.1, 0.15) is 30.2 Å². The van der Waals surface area contributed by atoms with E-state index in [4.69, 9.17) is 4.42 Å². The lowest BCUT2D eigenvalue weighted by molar-refractivity contribution is 0.144. The van der Waals surface area contributed by atoms with Gasteiger partial charge in [0.25, 0.3) is 0 Å². The highest BCUT2D eigenvalue weighted by Gasteiger charge is 2.27. The summed E-state index contributed by atoms with van der Waals surface area (Å²) in [6.07, 6.45) is 7.49. The lowest BCUT2D eigenvalue weighted by atomic mass is 10.2. The Morgan fingerprint density at radius 3 is 3.00 bits per heavy atom. The molecule has 1 atom stereocenters. The predicted octanol–water partition coefficient (Wildman–Crippen LogP) is 2.30. The van der Waals surface area contributed by atoms with Gasteiger partial charge < -0.3 is 8.98 Å². The second-order valence-corrected chi connectivity index (χ2v) is 5.69. The summed E-state index contributed by atoms with van der Waals surface area (Å²) in [5.41, 5.74) is 1.21. The Labute approximate surface area is 129 Å². The molecule has 0 saturated carbocycles. The lowest BCUT2D eigenvalue weighted by Gasteiger charge is -2.33. The van der Waals surface area contributed by atoms with Crippen molar-refractivity contribution in [2.24, 2.45) is 0 Å². The Morgan fingerprint density at radius 2 is 2.23 bits per heavy atom. The molecule has 1 aliphatic heterocycles. The smallest absolute Gasteiger partial charge is 0.126 e. The first kappa shape index (κ1) is 13.3. The van der Waals surface area contributed by atoms with Crippen molar-refractivity contribution in [3.63, 3.8) is 0 Å². The zero-order chi connectivity index (χ0) is 14.9. The van der Waals surface area contributed by atoms with Gasteiger partial charge in [-0.25, -0.2) is 4.98 Å². The van der Waals surface area contributed by atoms with Gasteiger partial charge >= 0.3 is 0 Å². The topological polar surface area (TPSA) is 52.0 Å². The first-order chi connectivity index (χ1) is 10.8. The standard InChI is InChI=1S/C16H19N5O/c1-13-16-17-10-14(11-20-6-3-5-18-20)21(16)8-7-19(13)12-15-4-2-9-22-15/h2-6,9-10,13H,7-8,11-12H2,1H3. The average molecular weight is 297 g/mol. The highest BCUT2D eigenvalue weighted by atomic mass is 16.3. The molecule has 0 radical (unpaired) electrons. The van der Waals surface area contributed by atoms with Crippen molar-refractivity contribution in [3.05, 3.63) is 60.3 Å². The van der Waals surface area contributed by atoms with Crippen molar-refractivity contribution in [1.29, 1.82) is 0 Å². The van der Waals surface area contributed by atoms with Crippen molar-refractivity contribution in [3.8, 4) is 0 Å². The van der Waals surface area contributed by atoms with Gasteiger partial charge in [-0.15, -0.1) is 0 Å². The summed E-state index contributed by atoms with van der Waals surface area (Å²) >= 11 is 0. The van der Waals surface area contributed by atoms with Crippen LogP contribution in [-0.2, 0) is 19.6 Å². The Bertz CT molecular complexity index is 729. The Morgan fingerprint density at radius 1 is 1.27 bits per heavy atom. The molecule has 3 aromatic heterocycles. The van der Waals surface area contributed by atoms with Gasteiger partial charge in [-0.2, -0.15) is 5.10 Å². The molecule has 0 N–H and O–H groups in total. The Hall–Kier alpha value is -2.34. The summed E-state index contributed by atoms with van der Waals surface area (Å²) < 4.78 is 9.73. The highest BCUT2D eigenvalue weighted by molar-refractivity contribution is 5.12. The minimum atomic E-state index is 0.283. The van der Waals surface area contributed by atoms with Gasteiger partial charge in [0.2, 0.25) is 0 Å². The molecule has 0 fully saturated rings. The zero-order valence-corrected chi connectivity index (χ0v) is 12.6. The fourth-order valence-electron chi connectivity index (χ4n) is 3.11. The van der Waals surface area contributed by atoms with E-state index in [0.717, 1.165) is 37.8 Å². The quantitative estimate of drug-likeness (QED) is 0.741. The molecule has 6 nitrogen and oxygen atoms in total.